The number of hydrogen-bond donors (Lipinski definition) is 2. The fourth-order valence-electron chi connectivity index (χ4n) is 4.28. The Morgan fingerprint density at radius 2 is 1.71 bits per heavy atom. The lowest BCUT2D eigenvalue weighted by Crippen LogP contribution is -2.46. The first-order valence-corrected chi connectivity index (χ1v) is 12.8. The molecule has 1 aliphatic heterocycles. The maximum Gasteiger partial charge on any atom is 0.411 e. The minimum atomic E-state index is -0.987. The van der Waals surface area contributed by atoms with E-state index in [1.807, 2.05) is 35.7 Å². The summed E-state index contributed by atoms with van der Waals surface area (Å²) in [7, 11) is 0. The highest BCUT2D eigenvalue weighted by Gasteiger charge is 2.47. The Hall–Kier alpha value is -4.50. The van der Waals surface area contributed by atoms with Crippen molar-refractivity contribution in [1.82, 2.24) is 10.2 Å². The van der Waals surface area contributed by atoms with Crippen LogP contribution in [0, 0.1) is 5.82 Å². The molecule has 0 spiro atoms. The van der Waals surface area contributed by atoms with Crippen LogP contribution in [0.3, 0.4) is 0 Å². The van der Waals surface area contributed by atoms with E-state index in [9.17, 15) is 18.8 Å². The number of amides is 3. The van der Waals surface area contributed by atoms with Crippen LogP contribution >= 0.6 is 11.3 Å². The molecule has 1 aromatic heterocycles. The SMILES string of the molecule is O=C(Nc1cccc([C@H]2OC(=O)N(Cc3ccc(F)cc3)[C@H]2C(=O)NCc2ccccc2)c1)c1cccs1. The molecule has 1 fully saturated rings. The largest absolute Gasteiger partial charge is 0.438 e. The third kappa shape index (κ3) is 5.73. The Bertz CT molecular complexity index is 1430. The molecule has 9 heteroatoms. The average molecular weight is 530 g/mol. The van der Waals surface area contributed by atoms with Gasteiger partial charge in [-0.2, -0.15) is 0 Å². The van der Waals surface area contributed by atoms with E-state index in [4.69, 9.17) is 4.74 Å². The molecule has 38 heavy (non-hydrogen) atoms. The van der Waals surface area contributed by atoms with Gasteiger partial charge < -0.3 is 15.4 Å². The maximum absolute atomic E-state index is 13.5. The van der Waals surface area contributed by atoms with Gasteiger partial charge in [-0.15, -0.1) is 11.3 Å². The van der Waals surface area contributed by atoms with E-state index in [2.05, 4.69) is 10.6 Å². The quantitative estimate of drug-likeness (QED) is 0.315. The van der Waals surface area contributed by atoms with Gasteiger partial charge in [0.15, 0.2) is 12.1 Å². The van der Waals surface area contributed by atoms with Crippen LogP contribution in [0.25, 0.3) is 0 Å². The van der Waals surface area contributed by atoms with Crippen LogP contribution in [0.4, 0.5) is 14.9 Å². The first-order chi connectivity index (χ1) is 18.5. The molecule has 0 unspecified atom stereocenters. The van der Waals surface area contributed by atoms with Crippen molar-refractivity contribution in [3.63, 3.8) is 0 Å². The lowest BCUT2D eigenvalue weighted by molar-refractivity contribution is -0.126. The van der Waals surface area contributed by atoms with Crippen LogP contribution in [-0.4, -0.2) is 28.8 Å². The van der Waals surface area contributed by atoms with Crippen molar-refractivity contribution in [1.29, 1.82) is 0 Å². The number of benzene rings is 3. The van der Waals surface area contributed by atoms with Gasteiger partial charge in [-0.25, -0.2) is 9.18 Å². The van der Waals surface area contributed by atoms with E-state index in [-0.39, 0.29) is 24.9 Å². The topological polar surface area (TPSA) is 87.7 Å². The zero-order valence-electron chi connectivity index (χ0n) is 20.2. The van der Waals surface area contributed by atoms with Crippen molar-refractivity contribution in [3.8, 4) is 0 Å². The van der Waals surface area contributed by atoms with E-state index < -0.39 is 24.1 Å². The second kappa shape index (κ2) is 11.3. The predicted molar refractivity (Wildman–Crippen MR) is 142 cm³/mol. The minimum Gasteiger partial charge on any atom is -0.438 e. The molecule has 2 heterocycles. The number of anilines is 1. The third-order valence-electron chi connectivity index (χ3n) is 6.15. The smallest absolute Gasteiger partial charge is 0.411 e. The summed E-state index contributed by atoms with van der Waals surface area (Å²) in [5, 5.41) is 7.58. The molecule has 1 aliphatic rings. The van der Waals surface area contributed by atoms with E-state index >= 15 is 0 Å². The summed E-state index contributed by atoms with van der Waals surface area (Å²) in [6.07, 6.45) is -1.58. The van der Waals surface area contributed by atoms with Gasteiger partial charge in [0.05, 0.1) is 11.4 Å². The van der Waals surface area contributed by atoms with Gasteiger partial charge in [0.2, 0.25) is 5.91 Å². The fraction of sp³-hybridized carbons (Fsp3) is 0.138. The summed E-state index contributed by atoms with van der Waals surface area (Å²) in [6.45, 7) is 0.340. The summed E-state index contributed by atoms with van der Waals surface area (Å²) in [5.74, 6) is -1.04. The number of nitrogens with zero attached hydrogens (tertiary/aromatic N) is 1. The molecule has 0 saturated carbocycles. The third-order valence-corrected chi connectivity index (χ3v) is 7.02. The molecule has 0 bridgehead atoms. The van der Waals surface area contributed by atoms with Crippen LogP contribution in [0.2, 0.25) is 0 Å². The Morgan fingerprint density at radius 3 is 2.45 bits per heavy atom. The highest BCUT2D eigenvalue weighted by atomic mass is 32.1. The lowest BCUT2D eigenvalue weighted by Gasteiger charge is -2.24. The van der Waals surface area contributed by atoms with E-state index in [0.29, 0.717) is 21.7 Å². The zero-order valence-corrected chi connectivity index (χ0v) is 21.0. The van der Waals surface area contributed by atoms with Crippen LogP contribution in [-0.2, 0) is 22.6 Å². The normalized spacial score (nSPS) is 16.7. The molecule has 3 aromatic carbocycles. The van der Waals surface area contributed by atoms with Crippen molar-refractivity contribution in [2.24, 2.45) is 0 Å². The van der Waals surface area contributed by atoms with Gasteiger partial charge in [-0.3, -0.25) is 14.5 Å². The molecule has 1 saturated heterocycles. The summed E-state index contributed by atoms with van der Waals surface area (Å²) in [5.41, 5.74) is 2.63. The number of ether oxygens (including phenoxy) is 1. The Kier molecular flexibility index (Phi) is 7.46. The van der Waals surface area contributed by atoms with Crippen LogP contribution in [0.1, 0.15) is 32.5 Å². The summed E-state index contributed by atoms with van der Waals surface area (Å²) >= 11 is 1.33. The molecular formula is C29H24FN3O4S. The van der Waals surface area contributed by atoms with Gasteiger partial charge in [0, 0.05) is 12.2 Å². The highest BCUT2D eigenvalue weighted by molar-refractivity contribution is 7.12. The fourth-order valence-corrected chi connectivity index (χ4v) is 4.90. The number of cyclic esters (lactones) is 1. The summed E-state index contributed by atoms with van der Waals surface area (Å²) in [6, 6.07) is 24.6. The molecule has 0 aliphatic carbocycles. The lowest BCUT2D eigenvalue weighted by atomic mass is 10.00. The number of halogens is 1. The van der Waals surface area contributed by atoms with Gasteiger partial charge in [-0.1, -0.05) is 60.7 Å². The van der Waals surface area contributed by atoms with E-state index in [1.54, 1.807) is 48.5 Å². The Balaban J connectivity index is 1.41. The number of thiophene rings is 1. The first kappa shape index (κ1) is 25.2. The molecule has 4 aromatic rings. The van der Waals surface area contributed by atoms with Crippen LogP contribution < -0.4 is 10.6 Å². The maximum atomic E-state index is 13.5. The van der Waals surface area contributed by atoms with Crippen molar-refractivity contribution in [2.75, 3.05) is 5.32 Å². The van der Waals surface area contributed by atoms with Crippen molar-refractivity contribution in [3.05, 3.63) is 124 Å². The predicted octanol–water partition coefficient (Wildman–Crippen LogP) is 5.52. The van der Waals surface area contributed by atoms with Crippen molar-refractivity contribution in [2.45, 2.75) is 25.2 Å². The number of rotatable bonds is 8. The molecular weight excluding hydrogens is 505 g/mol. The standard InChI is InChI=1S/C29H24FN3O4S/c30-22-13-11-20(12-14-22)18-33-25(28(35)31-17-19-6-2-1-3-7-19)26(37-29(33)36)21-8-4-9-23(16-21)32-27(34)24-10-5-15-38-24/h1-16,25-26H,17-18H2,(H,31,35)(H,32,34)/t25-,26-/m1/s1. The summed E-state index contributed by atoms with van der Waals surface area (Å²) in [4.78, 5) is 41.0. The number of carbonyl (C=O) groups is 3. The molecule has 3 amide bonds. The first-order valence-electron chi connectivity index (χ1n) is 12.0. The average Bonchev–Trinajstić information content (AvgIpc) is 3.58. The number of hydrogen-bond acceptors (Lipinski definition) is 5. The van der Waals surface area contributed by atoms with Gasteiger partial charge in [-0.05, 0) is 52.4 Å². The molecule has 2 N–H and O–H groups in total. The molecule has 5 rings (SSSR count). The molecule has 0 radical (unpaired) electrons. The number of nitrogens with one attached hydrogen (secondary N) is 2. The van der Waals surface area contributed by atoms with E-state index in [1.165, 1.54) is 28.4 Å². The molecule has 192 valence electrons. The van der Waals surface area contributed by atoms with Crippen molar-refractivity contribution < 1.29 is 23.5 Å². The monoisotopic (exact) mass is 529 g/mol. The summed E-state index contributed by atoms with van der Waals surface area (Å²) < 4.78 is 19.2. The van der Waals surface area contributed by atoms with Crippen molar-refractivity contribution >= 4 is 34.9 Å². The van der Waals surface area contributed by atoms with Gasteiger partial charge >= 0.3 is 6.09 Å². The number of carbonyl (C=O) groups excluding carboxylic acids is 3. The zero-order chi connectivity index (χ0) is 26.5. The van der Waals surface area contributed by atoms with Crippen LogP contribution in [0.5, 0.6) is 0 Å². The Morgan fingerprint density at radius 1 is 0.921 bits per heavy atom. The second-order valence-electron chi connectivity index (χ2n) is 8.76. The van der Waals surface area contributed by atoms with E-state index in [0.717, 1.165) is 5.56 Å². The second-order valence-corrected chi connectivity index (χ2v) is 9.71. The molecule has 2 atom stereocenters. The minimum absolute atomic E-state index is 0.0633. The van der Waals surface area contributed by atoms with Gasteiger partial charge in [0.1, 0.15) is 5.82 Å². The molecule has 7 nitrogen and oxygen atoms in total. The van der Waals surface area contributed by atoms with Gasteiger partial charge in [0.25, 0.3) is 5.91 Å². The van der Waals surface area contributed by atoms with Crippen LogP contribution in [0.15, 0.2) is 96.4 Å². The highest BCUT2D eigenvalue weighted by Crippen LogP contribution is 2.35. The Labute approximate surface area is 222 Å².